The number of benzene rings is 1. The lowest BCUT2D eigenvalue weighted by Gasteiger charge is -2.36. The maximum atomic E-state index is 5.89. The molecule has 1 fully saturated rings. The topological polar surface area (TPSA) is 18.5 Å². The van der Waals surface area contributed by atoms with Gasteiger partial charge in [0.2, 0.25) is 0 Å². The van der Waals surface area contributed by atoms with Gasteiger partial charge in [0.15, 0.2) is 0 Å². The zero-order chi connectivity index (χ0) is 12.3. The van der Waals surface area contributed by atoms with Gasteiger partial charge in [0.25, 0.3) is 0 Å². The molecule has 1 unspecified atom stereocenters. The molecule has 1 atom stereocenters. The van der Waals surface area contributed by atoms with Crippen molar-refractivity contribution in [2.45, 2.75) is 6.04 Å². The van der Waals surface area contributed by atoms with E-state index in [1.165, 1.54) is 5.69 Å². The highest BCUT2D eigenvalue weighted by atomic mass is 35.5. The van der Waals surface area contributed by atoms with Crippen molar-refractivity contribution in [2.24, 2.45) is 0 Å². The highest BCUT2D eigenvalue weighted by Crippen LogP contribution is 2.17. The number of hydrogen-bond acceptors (Lipinski definition) is 3. The van der Waals surface area contributed by atoms with E-state index in [1.54, 1.807) is 0 Å². The number of anilines is 1. The third kappa shape index (κ3) is 3.35. The number of likely N-dealkylation sites (N-methyl/N-ethyl adjacent to an activating group) is 2. The van der Waals surface area contributed by atoms with E-state index >= 15 is 0 Å². The van der Waals surface area contributed by atoms with Crippen LogP contribution in [0.1, 0.15) is 0 Å². The van der Waals surface area contributed by atoms with E-state index in [0.29, 0.717) is 6.04 Å². The summed E-state index contributed by atoms with van der Waals surface area (Å²) in [5.74, 6) is 0. The van der Waals surface area contributed by atoms with Gasteiger partial charge in [0.1, 0.15) is 0 Å². The smallest absolute Gasteiger partial charge is 0.0407 e. The van der Waals surface area contributed by atoms with Crippen molar-refractivity contribution >= 4 is 17.3 Å². The second-order valence-electron chi connectivity index (χ2n) is 4.70. The van der Waals surface area contributed by atoms with E-state index in [2.05, 4.69) is 41.3 Å². The summed E-state index contributed by atoms with van der Waals surface area (Å²) in [6, 6.07) is 8.59. The van der Waals surface area contributed by atoms with Crippen LogP contribution in [0.5, 0.6) is 0 Å². The van der Waals surface area contributed by atoms with E-state index in [-0.39, 0.29) is 0 Å². The molecule has 2 rings (SSSR count). The van der Waals surface area contributed by atoms with E-state index in [9.17, 15) is 0 Å². The van der Waals surface area contributed by atoms with Crippen LogP contribution in [0, 0.1) is 0 Å². The van der Waals surface area contributed by atoms with Gasteiger partial charge in [-0.25, -0.2) is 0 Å². The molecule has 1 N–H and O–H groups in total. The normalized spacial score (nSPS) is 21.5. The minimum Gasteiger partial charge on any atom is -0.373 e. The zero-order valence-electron chi connectivity index (χ0n) is 10.5. The van der Waals surface area contributed by atoms with Crippen molar-refractivity contribution in [3.05, 3.63) is 29.3 Å². The predicted octanol–water partition coefficient (Wildman–Crippen LogP) is 1.68. The largest absolute Gasteiger partial charge is 0.373 e. The van der Waals surface area contributed by atoms with Crippen LogP contribution < -0.4 is 10.2 Å². The number of halogens is 1. The van der Waals surface area contributed by atoms with Crippen molar-refractivity contribution < 1.29 is 0 Å². The number of piperazine rings is 1. The first-order chi connectivity index (χ1) is 8.16. The Hall–Kier alpha value is -0.770. The lowest BCUT2D eigenvalue weighted by atomic mass is 10.2. The SMILES string of the molecule is CN(CC1CNCCN1C)c1ccc(Cl)cc1. The second kappa shape index (κ2) is 5.71. The fourth-order valence-electron chi connectivity index (χ4n) is 2.18. The Morgan fingerprint density at radius 3 is 2.76 bits per heavy atom. The molecule has 3 nitrogen and oxygen atoms in total. The summed E-state index contributed by atoms with van der Waals surface area (Å²) in [6.45, 7) is 4.32. The Bertz CT molecular complexity index is 352. The van der Waals surface area contributed by atoms with Crippen molar-refractivity contribution in [1.82, 2.24) is 10.2 Å². The van der Waals surface area contributed by atoms with Crippen LogP contribution in [0.25, 0.3) is 0 Å². The summed E-state index contributed by atoms with van der Waals surface area (Å²) in [5, 5.41) is 4.23. The molecule has 0 spiro atoms. The third-order valence-electron chi connectivity index (χ3n) is 3.40. The van der Waals surface area contributed by atoms with E-state index in [4.69, 9.17) is 11.6 Å². The van der Waals surface area contributed by atoms with Gasteiger partial charge in [-0.1, -0.05) is 11.6 Å². The van der Waals surface area contributed by atoms with Gasteiger partial charge in [-0.05, 0) is 31.3 Å². The molecule has 17 heavy (non-hydrogen) atoms. The molecule has 1 aromatic carbocycles. The zero-order valence-corrected chi connectivity index (χ0v) is 11.2. The molecule has 1 aliphatic heterocycles. The first-order valence-corrected chi connectivity index (χ1v) is 6.42. The lowest BCUT2D eigenvalue weighted by Crippen LogP contribution is -2.53. The molecule has 1 aliphatic rings. The molecular weight excluding hydrogens is 234 g/mol. The Kier molecular flexibility index (Phi) is 4.26. The monoisotopic (exact) mass is 253 g/mol. The Labute approximate surface area is 108 Å². The van der Waals surface area contributed by atoms with Crippen LogP contribution in [0.2, 0.25) is 5.02 Å². The van der Waals surface area contributed by atoms with Crippen molar-refractivity contribution in [3.8, 4) is 0 Å². The Balaban J connectivity index is 1.95. The summed E-state index contributed by atoms with van der Waals surface area (Å²) in [5.41, 5.74) is 1.22. The molecule has 1 heterocycles. The van der Waals surface area contributed by atoms with Crippen LogP contribution in [0.3, 0.4) is 0 Å². The molecule has 1 saturated heterocycles. The molecule has 0 saturated carbocycles. The highest BCUT2D eigenvalue weighted by molar-refractivity contribution is 6.30. The minimum atomic E-state index is 0.574. The van der Waals surface area contributed by atoms with E-state index in [1.807, 2.05) is 12.1 Å². The van der Waals surface area contributed by atoms with Crippen molar-refractivity contribution in [2.75, 3.05) is 45.2 Å². The maximum absolute atomic E-state index is 5.89. The molecule has 1 aromatic rings. The average molecular weight is 254 g/mol. The van der Waals surface area contributed by atoms with Crippen LogP contribution in [0.15, 0.2) is 24.3 Å². The molecule has 0 bridgehead atoms. The molecule has 94 valence electrons. The molecule has 0 aliphatic carbocycles. The van der Waals surface area contributed by atoms with Crippen molar-refractivity contribution in [3.63, 3.8) is 0 Å². The standard InChI is InChI=1S/C13H20ClN3/c1-16-8-7-15-9-13(16)10-17(2)12-5-3-11(14)4-6-12/h3-6,13,15H,7-10H2,1-2H3. The first-order valence-electron chi connectivity index (χ1n) is 6.04. The second-order valence-corrected chi connectivity index (χ2v) is 5.13. The number of nitrogens with zero attached hydrogens (tertiary/aromatic N) is 2. The number of nitrogens with one attached hydrogen (secondary N) is 1. The van der Waals surface area contributed by atoms with Crippen LogP contribution in [-0.4, -0.2) is 51.2 Å². The summed E-state index contributed by atoms with van der Waals surface area (Å²) in [7, 11) is 4.33. The molecule has 0 radical (unpaired) electrons. The maximum Gasteiger partial charge on any atom is 0.0407 e. The van der Waals surface area contributed by atoms with Crippen LogP contribution >= 0.6 is 11.6 Å². The van der Waals surface area contributed by atoms with Crippen LogP contribution in [0.4, 0.5) is 5.69 Å². The average Bonchev–Trinajstić information content (AvgIpc) is 2.33. The predicted molar refractivity (Wildman–Crippen MR) is 74.0 cm³/mol. The summed E-state index contributed by atoms with van der Waals surface area (Å²) in [6.07, 6.45) is 0. The molecule has 0 aromatic heterocycles. The van der Waals surface area contributed by atoms with Gasteiger partial charge in [-0.15, -0.1) is 0 Å². The lowest BCUT2D eigenvalue weighted by molar-refractivity contribution is 0.204. The van der Waals surface area contributed by atoms with Crippen LogP contribution in [-0.2, 0) is 0 Å². The van der Waals surface area contributed by atoms with Gasteiger partial charge in [0.05, 0.1) is 0 Å². The minimum absolute atomic E-state index is 0.574. The summed E-state index contributed by atoms with van der Waals surface area (Å²) in [4.78, 5) is 4.70. The van der Waals surface area contributed by atoms with Gasteiger partial charge in [-0.2, -0.15) is 0 Å². The Morgan fingerprint density at radius 2 is 2.12 bits per heavy atom. The third-order valence-corrected chi connectivity index (χ3v) is 3.65. The van der Waals surface area contributed by atoms with Crippen molar-refractivity contribution in [1.29, 1.82) is 0 Å². The van der Waals surface area contributed by atoms with Gasteiger partial charge in [0, 0.05) is 50.0 Å². The number of rotatable bonds is 3. The highest BCUT2D eigenvalue weighted by Gasteiger charge is 2.19. The fraction of sp³-hybridized carbons (Fsp3) is 0.538. The Morgan fingerprint density at radius 1 is 1.41 bits per heavy atom. The quantitative estimate of drug-likeness (QED) is 0.884. The fourth-order valence-corrected chi connectivity index (χ4v) is 2.31. The van der Waals surface area contributed by atoms with Gasteiger partial charge < -0.3 is 10.2 Å². The van der Waals surface area contributed by atoms with Gasteiger partial charge in [-0.3, -0.25) is 4.90 Å². The van der Waals surface area contributed by atoms with E-state index in [0.717, 1.165) is 31.2 Å². The van der Waals surface area contributed by atoms with E-state index < -0.39 is 0 Å². The summed E-state index contributed by atoms with van der Waals surface area (Å²) >= 11 is 5.89. The first kappa shape index (κ1) is 12.7. The number of hydrogen-bond donors (Lipinski definition) is 1. The molecule has 0 amide bonds. The van der Waals surface area contributed by atoms with Gasteiger partial charge >= 0.3 is 0 Å². The molecular formula is C13H20ClN3. The summed E-state index contributed by atoms with van der Waals surface area (Å²) < 4.78 is 0. The molecule has 4 heteroatoms.